The molecule has 5 rings (SSSR count). The van der Waals surface area contributed by atoms with Crippen molar-refractivity contribution in [3.8, 4) is 5.75 Å². The van der Waals surface area contributed by atoms with Gasteiger partial charge < -0.3 is 19.5 Å². The van der Waals surface area contributed by atoms with Gasteiger partial charge in [-0.25, -0.2) is 0 Å². The second kappa shape index (κ2) is 11.4. The standard InChI is InChI=1S/C28H30N4O3/c33-23(20-34-27-9-1-8-26-25(27)7-4-14-31-26)19-32-15-10-24(11-16-32)35-28(21-5-2-12-29-17-21)22-6-3-13-30-18-22/h1-9,12-14,17-18,23-24,28,33H,10-11,15-16,19-20H2. The number of fused-ring (bicyclic) bond motifs is 1. The summed E-state index contributed by atoms with van der Waals surface area (Å²) in [6.07, 6.45) is 10.2. The van der Waals surface area contributed by atoms with Gasteiger partial charge in [0.2, 0.25) is 0 Å². The first kappa shape index (κ1) is 23.4. The monoisotopic (exact) mass is 470 g/mol. The van der Waals surface area contributed by atoms with Gasteiger partial charge in [-0.2, -0.15) is 0 Å². The number of aliphatic hydroxyl groups is 1. The van der Waals surface area contributed by atoms with Crippen molar-refractivity contribution in [3.63, 3.8) is 0 Å². The van der Waals surface area contributed by atoms with E-state index in [9.17, 15) is 5.11 Å². The average Bonchev–Trinajstić information content (AvgIpc) is 2.92. The molecule has 7 heteroatoms. The number of likely N-dealkylation sites (tertiary alicyclic amines) is 1. The zero-order valence-corrected chi connectivity index (χ0v) is 19.6. The lowest BCUT2D eigenvalue weighted by molar-refractivity contribution is -0.0347. The van der Waals surface area contributed by atoms with E-state index >= 15 is 0 Å². The fourth-order valence-corrected chi connectivity index (χ4v) is 4.57. The van der Waals surface area contributed by atoms with Gasteiger partial charge in [0, 0.05) is 67.1 Å². The molecule has 0 radical (unpaired) electrons. The summed E-state index contributed by atoms with van der Waals surface area (Å²) in [4.78, 5) is 15.2. The Kier molecular flexibility index (Phi) is 7.58. The highest BCUT2D eigenvalue weighted by Gasteiger charge is 2.26. The number of hydrogen-bond donors (Lipinski definition) is 1. The molecule has 1 aliphatic rings. The largest absolute Gasteiger partial charge is 0.490 e. The van der Waals surface area contributed by atoms with Crippen molar-refractivity contribution in [2.24, 2.45) is 0 Å². The van der Waals surface area contributed by atoms with Crippen LogP contribution in [0.1, 0.15) is 30.1 Å². The lowest BCUT2D eigenvalue weighted by Crippen LogP contribution is -2.42. The number of β-amino-alcohol motifs (C(OH)–C–C–N with tert-alkyl or cyclic N) is 1. The number of ether oxygens (including phenoxy) is 2. The topological polar surface area (TPSA) is 80.6 Å². The Morgan fingerprint density at radius 1 is 0.886 bits per heavy atom. The maximum absolute atomic E-state index is 10.6. The van der Waals surface area contributed by atoms with Gasteiger partial charge in [0.05, 0.1) is 11.6 Å². The Morgan fingerprint density at radius 2 is 1.60 bits per heavy atom. The van der Waals surface area contributed by atoms with Crippen molar-refractivity contribution in [2.75, 3.05) is 26.2 Å². The van der Waals surface area contributed by atoms with E-state index in [0.717, 1.165) is 53.7 Å². The minimum atomic E-state index is -0.571. The molecule has 1 fully saturated rings. The quantitative estimate of drug-likeness (QED) is 0.395. The van der Waals surface area contributed by atoms with Gasteiger partial charge >= 0.3 is 0 Å². The minimum absolute atomic E-state index is 0.133. The van der Waals surface area contributed by atoms with Crippen molar-refractivity contribution in [2.45, 2.75) is 31.2 Å². The van der Waals surface area contributed by atoms with Gasteiger partial charge in [0.1, 0.15) is 24.6 Å². The Labute approximate surface area is 205 Å². The summed E-state index contributed by atoms with van der Waals surface area (Å²) in [6, 6.07) is 17.6. The Bertz CT molecular complexity index is 1160. The number of rotatable bonds is 9. The molecule has 0 bridgehead atoms. The maximum atomic E-state index is 10.6. The molecular formula is C28H30N4O3. The van der Waals surface area contributed by atoms with Crippen molar-refractivity contribution >= 4 is 10.9 Å². The lowest BCUT2D eigenvalue weighted by atomic mass is 10.0. The number of hydrogen-bond acceptors (Lipinski definition) is 7. The molecule has 7 nitrogen and oxygen atoms in total. The van der Waals surface area contributed by atoms with Crippen LogP contribution >= 0.6 is 0 Å². The molecular weight excluding hydrogens is 440 g/mol. The molecule has 1 saturated heterocycles. The predicted molar refractivity (Wildman–Crippen MR) is 134 cm³/mol. The highest BCUT2D eigenvalue weighted by atomic mass is 16.5. The normalized spacial score (nSPS) is 15.9. The van der Waals surface area contributed by atoms with Gasteiger partial charge in [0.25, 0.3) is 0 Å². The van der Waals surface area contributed by atoms with Crippen LogP contribution in [0.5, 0.6) is 5.75 Å². The Hall–Kier alpha value is -3.39. The summed E-state index contributed by atoms with van der Waals surface area (Å²) in [7, 11) is 0. The molecule has 180 valence electrons. The average molecular weight is 471 g/mol. The summed E-state index contributed by atoms with van der Waals surface area (Å²) in [5.41, 5.74) is 2.94. The van der Waals surface area contributed by atoms with Crippen molar-refractivity contribution in [1.29, 1.82) is 0 Å². The number of aromatic nitrogens is 3. The molecule has 1 aliphatic heterocycles. The number of aliphatic hydroxyl groups excluding tert-OH is 1. The Morgan fingerprint density at radius 3 is 2.29 bits per heavy atom. The van der Waals surface area contributed by atoms with Crippen molar-refractivity contribution < 1.29 is 14.6 Å². The van der Waals surface area contributed by atoms with Crippen LogP contribution in [0.15, 0.2) is 85.6 Å². The van der Waals surface area contributed by atoms with Gasteiger partial charge in [0.15, 0.2) is 0 Å². The molecule has 1 unspecified atom stereocenters. The van der Waals surface area contributed by atoms with E-state index in [-0.39, 0.29) is 18.8 Å². The third kappa shape index (κ3) is 6.00. The van der Waals surface area contributed by atoms with Crippen molar-refractivity contribution in [1.82, 2.24) is 19.9 Å². The molecule has 3 aromatic heterocycles. The van der Waals surface area contributed by atoms with E-state index < -0.39 is 6.10 Å². The zero-order chi connectivity index (χ0) is 23.9. The molecule has 0 saturated carbocycles. The summed E-state index contributed by atoms with van der Waals surface area (Å²) in [6.45, 7) is 2.55. The molecule has 0 aliphatic carbocycles. The van der Waals surface area contributed by atoms with E-state index in [4.69, 9.17) is 9.47 Å². The van der Waals surface area contributed by atoms with Gasteiger partial charge in [-0.1, -0.05) is 18.2 Å². The molecule has 0 amide bonds. The second-order valence-electron chi connectivity index (χ2n) is 8.88. The first-order chi connectivity index (χ1) is 17.3. The Balaban J connectivity index is 1.13. The summed E-state index contributed by atoms with van der Waals surface area (Å²) in [5.74, 6) is 0.749. The van der Waals surface area contributed by atoms with E-state index in [2.05, 4.69) is 19.9 Å². The lowest BCUT2D eigenvalue weighted by Gasteiger charge is -2.35. The van der Waals surface area contributed by atoms with Gasteiger partial charge in [-0.3, -0.25) is 15.0 Å². The summed E-state index contributed by atoms with van der Waals surface area (Å²) >= 11 is 0. The molecule has 0 spiro atoms. The van der Waals surface area contributed by atoms with Crippen LogP contribution in [0.2, 0.25) is 0 Å². The smallest absolute Gasteiger partial charge is 0.128 e. The highest BCUT2D eigenvalue weighted by Crippen LogP contribution is 2.29. The fraction of sp³-hybridized carbons (Fsp3) is 0.321. The van der Waals surface area contributed by atoms with E-state index in [1.54, 1.807) is 18.6 Å². The first-order valence-corrected chi connectivity index (χ1v) is 12.1. The van der Waals surface area contributed by atoms with Crippen LogP contribution in [-0.2, 0) is 4.74 Å². The number of nitrogens with zero attached hydrogens (tertiary/aromatic N) is 4. The van der Waals surface area contributed by atoms with Crippen LogP contribution in [-0.4, -0.2) is 63.4 Å². The van der Waals surface area contributed by atoms with Crippen LogP contribution in [0.25, 0.3) is 10.9 Å². The van der Waals surface area contributed by atoms with E-state index in [1.165, 1.54) is 0 Å². The number of pyridine rings is 3. The third-order valence-electron chi connectivity index (χ3n) is 6.34. The highest BCUT2D eigenvalue weighted by molar-refractivity contribution is 5.84. The molecule has 1 aromatic carbocycles. The van der Waals surface area contributed by atoms with Crippen LogP contribution in [0, 0.1) is 0 Å². The predicted octanol–water partition coefficient (Wildman–Crippen LogP) is 4.04. The summed E-state index contributed by atoms with van der Waals surface area (Å²) < 4.78 is 12.5. The number of piperidine rings is 1. The SMILES string of the molecule is OC(COc1cccc2ncccc12)CN1CCC(OC(c2cccnc2)c2cccnc2)CC1. The molecule has 4 aromatic rings. The van der Waals surface area contributed by atoms with Gasteiger partial charge in [-0.05, 0) is 49.2 Å². The molecule has 4 heterocycles. The van der Waals surface area contributed by atoms with E-state index in [1.807, 2.05) is 67.0 Å². The van der Waals surface area contributed by atoms with Crippen LogP contribution < -0.4 is 4.74 Å². The minimum Gasteiger partial charge on any atom is -0.490 e. The van der Waals surface area contributed by atoms with Crippen LogP contribution in [0.3, 0.4) is 0 Å². The zero-order valence-electron chi connectivity index (χ0n) is 19.6. The third-order valence-corrected chi connectivity index (χ3v) is 6.34. The molecule has 35 heavy (non-hydrogen) atoms. The first-order valence-electron chi connectivity index (χ1n) is 12.1. The maximum Gasteiger partial charge on any atom is 0.128 e. The molecule has 1 atom stereocenters. The molecule has 1 N–H and O–H groups in total. The summed E-state index contributed by atoms with van der Waals surface area (Å²) in [5, 5.41) is 11.6. The van der Waals surface area contributed by atoms with E-state index in [0.29, 0.717) is 6.54 Å². The fourth-order valence-electron chi connectivity index (χ4n) is 4.57. The second-order valence-corrected chi connectivity index (χ2v) is 8.88. The number of benzene rings is 1. The van der Waals surface area contributed by atoms with Crippen LogP contribution in [0.4, 0.5) is 0 Å². The van der Waals surface area contributed by atoms with Crippen molar-refractivity contribution in [3.05, 3.63) is 96.7 Å². The van der Waals surface area contributed by atoms with Gasteiger partial charge in [-0.15, -0.1) is 0 Å².